The first-order chi connectivity index (χ1) is 11.1. The molecule has 2 amide bonds. The van der Waals surface area contributed by atoms with E-state index in [0.717, 1.165) is 11.9 Å². The first-order valence-corrected chi connectivity index (χ1v) is 7.69. The molecule has 23 heavy (non-hydrogen) atoms. The van der Waals surface area contributed by atoms with E-state index >= 15 is 0 Å². The molecule has 2 N–H and O–H groups in total. The molecular formula is C15H17N5O3. The van der Waals surface area contributed by atoms with E-state index < -0.39 is 6.09 Å². The number of H-pyrrole nitrogens is 1. The molecule has 120 valence electrons. The number of hydrogen-bond acceptors (Lipinski definition) is 4. The summed E-state index contributed by atoms with van der Waals surface area (Å²) in [7, 11) is 0. The van der Waals surface area contributed by atoms with Gasteiger partial charge in [0.2, 0.25) is 0 Å². The zero-order valence-corrected chi connectivity index (χ0v) is 12.5. The van der Waals surface area contributed by atoms with Crippen molar-refractivity contribution in [2.75, 3.05) is 26.2 Å². The number of piperidine rings is 1. The lowest BCUT2D eigenvalue weighted by molar-refractivity contribution is 0.0784. The van der Waals surface area contributed by atoms with Crippen LogP contribution in [0.5, 0.6) is 0 Å². The number of aromatic amines is 1. The summed E-state index contributed by atoms with van der Waals surface area (Å²) in [4.78, 5) is 27.1. The molecule has 0 aliphatic carbocycles. The molecule has 1 aromatic heterocycles. The van der Waals surface area contributed by atoms with Crippen LogP contribution in [0.2, 0.25) is 0 Å². The molecule has 2 aromatic rings. The Morgan fingerprint density at radius 3 is 2.65 bits per heavy atom. The molecule has 2 saturated heterocycles. The smallest absolute Gasteiger partial charge is 0.407 e. The third kappa shape index (κ3) is 2.39. The average Bonchev–Trinajstić information content (AvgIpc) is 3.18. The number of hydrogen-bond donors (Lipinski definition) is 2. The number of nitrogens with zero attached hydrogens (tertiary/aromatic N) is 4. The molecule has 1 aromatic carbocycles. The van der Waals surface area contributed by atoms with Gasteiger partial charge in [-0.2, -0.15) is 15.4 Å². The van der Waals surface area contributed by atoms with E-state index in [1.165, 1.54) is 4.90 Å². The summed E-state index contributed by atoms with van der Waals surface area (Å²) in [6, 6.07) is 5.28. The lowest BCUT2D eigenvalue weighted by atomic mass is 9.89. The monoisotopic (exact) mass is 315 g/mol. The normalized spacial score (nSPS) is 24.0. The van der Waals surface area contributed by atoms with Gasteiger partial charge in [-0.15, -0.1) is 0 Å². The van der Waals surface area contributed by atoms with Gasteiger partial charge in [0, 0.05) is 31.7 Å². The van der Waals surface area contributed by atoms with Crippen molar-refractivity contribution < 1.29 is 14.7 Å². The van der Waals surface area contributed by atoms with E-state index in [0.29, 0.717) is 43.2 Å². The summed E-state index contributed by atoms with van der Waals surface area (Å²) in [5.41, 5.74) is 2.00. The average molecular weight is 315 g/mol. The Morgan fingerprint density at radius 2 is 1.83 bits per heavy atom. The van der Waals surface area contributed by atoms with Gasteiger partial charge in [0.25, 0.3) is 5.91 Å². The number of fused-ring (bicyclic) bond motifs is 2. The van der Waals surface area contributed by atoms with Crippen molar-refractivity contribution in [3.05, 3.63) is 23.8 Å². The highest BCUT2D eigenvalue weighted by Gasteiger charge is 2.40. The van der Waals surface area contributed by atoms with E-state index in [9.17, 15) is 9.59 Å². The Bertz CT molecular complexity index is 773. The van der Waals surface area contributed by atoms with E-state index in [-0.39, 0.29) is 11.8 Å². The van der Waals surface area contributed by atoms with Crippen molar-refractivity contribution in [3.63, 3.8) is 0 Å². The van der Waals surface area contributed by atoms with Gasteiger partial charge in [-0.1, -0.05) is 0 Å². The number of rotatable bonds is 1. The Kier molecular flexibility index (Phi) is 3.17. The van der Waals surface area contributed by atoms with Crippen molar-refractivity contribution in [2.24, 2.45) is 11.8 Å². The topological polar surface area (TPSA) is 102 Å². The van der Waals surface area contributed by atoms with Crippen LogP contribution in [0.4, 0.5) is 4.79 Å². The molecule has 3 heterocycles. The maximum absolute atomic E-state index is 12.7. The molecule has 0 saturated carbocycles. The lowest BCUT2D eigenvalue weighted by Crippen LogP contribution is -2.42. The third-order valence-electron chi connectivity index (χ3n) is 4.92. The molecule has 8 heteroatoms. The number of carbonyl (C=O) groups excluding carboxylic acids is 1. The largest absolute Gasteiger partial charge is 0.465 e. The summed E-state index contributed by atoms with van der Waals surface area (Å²) < 4.78 is 0. The first-order valence-electron chi connectivity index (χ1n) is 7.69. The van der Waals surface area contributed by atoms with Crippen LogP contribution in [0.3, 0.4) is 0 Å². The minimum Gasteiger partial charge on any atom is -0.465 e. The molecule has 2 atom stereocenters. The van der Waals surface area contributed by atoms with Crippen molar-refractivity contribution in [3.8, 4) is 0 Å². The second-order valence-corrected chi connectivity index (χ2v) is 6.27. The standard InChI is InChI=1S/C15H17N5O3/c21-14(9-1-2-12-13(5-9)17-18-16-12)20-6-10-3-4-19(15(22)23)7-11(10)8-20/h1-2,5,10-11H,3-4,6-8H2,(H,22,23)(H,16,17,18)/t10-,11-/m1/s1. The fraction of sp³-hybridized carbons (Fsp3) is 0.467. The highest BCUT2D eigenvalue weighted by Crippen LogP contribution is 2.32. The molecule has 0 spiro atoms. The summed E-state index contributed by atoms with van der Waals surface area (Å²) in [6.45, 7) is 2.40. The minimum absolute atomic E-state index is 0.0221. The van der Waals surface area contributed by atoms with Crippen molar-refractivity contribution >= 4 is 23.0 Å². The summed E-state index contributed by atoms with van der Waals surface area (Å²) >= 11 is 0. The predicted octanol–water partition coefficient (Wildman–Crippen LogP) is 1.03. The van der Waals surface area contributed by atoms with E-state index in [1.54, 1.807) is 18.2 Å². The van der Waals surface area contributed by atoms with Gasteiger partial charge < -0.3 is 14.9 Å². The number of nitrogens with one attached hydrogen (secondary N) is 1. The SMILES string of the molecule is O=C(O)N1CC[C@@H]2CN(C(=O)c3ccc4n[nH]nc4c3)C[C@H]2C1. The number of amides is 2. The number of likely N-dealkylation sites (tertiary alicyclic amines) is 2. The molecule has 0 bridgehead atoms. The van der Waals surface area contributed by atoms with Crippen LogP contribution in [0.25, 0.3) is 11.0 Å². The maximum Gasteiger partial charge on any atom is 0.407 e. The summed E-state index contributed by atoms with van der Waals surface area (Å²) in [6.07, 6.45) is -0.0482. The van der Waals surface area contributed by atoms with Gasteiger partial charge in [0.15, 0.2) is 0 Å². The first kappa shape index (κ1) is 14.0. The maximum atomic E-state index is 12.7. The van der Waals surface area contributed by atoms with E-state index in [2.05, 4.69) is 15.4 Å². The molecule has 2 aliphatic heterocycles. The summed E-state index contributed by atoms with van der Waals surface area (Å²) in [5, 5.41) is 19.7. The Balaban J connectivity index is 1.50. The Labute approximate surface area is 132 Å². The van der Waals surface area contributed by atoms with Gasteiger partial charge in [-0.3, -0.25) is 4.79 Å². The van der Waals surface area contributed by atoms with Crippen LogP contribution >= 0.6 is 0 Å². The van der Waals surface area contributed by atoms with Crippen LogP contribution in [0.1, 0.15) is 16.8 Å². The number of aromatic nitrogens is 3. The Morgan fingerprint density at radius 1 is 1.09 bits per heavy atom. The van der Waals surface area contributed by atoms with Gasteiger partial charge in [0.1, 0.15) is 11.0 Å². The molecular weight excluding hydrogens is 298 g/mol. The molecule has 2 aliphatic rings. The fourth-order valence-corrected chi connectivity index (χ4v) is 3.66. The molecule has 8 nitrogen and oxygen atoms in total. The van der Waals surface area contributed by atoms with Crippen LogP contribution in [-0.2, 0) is 0 Å². The summed E-state index contributed by atoms with van der Waals surface area (Å²) in [5.74, 6) is 0.607. The zero-order chi connectivity index (χ0) is 16.0. The second-order valence-electron chi connectivity index (χ2n) is 6.27. The predicted molar refractivity (Wildman–Crippen MR) is 81.0 cm³/mol. The van der Waals surface area contributed by atoms with Crippen molar-refractivity contribution in [2.45, 2.75) is 6.42 Å². The molecule has 0 unspecified atom stereocenters. The van der Waals surface area contributed by atoms with Crippen LogP contribution in [0.15, 0.2) is 18.2 Å². The van der Waals surface area contributed by atoms with E-state index in [4.69, 9.17) is 5.11 Å². The molecule has 0 radical (unpaired) electrons. The number of carboxylic acid groups (broad SMARTS) is 1. The van der Waals surface area contributed by atoms with Crippen LogP contribution < -0.4 is 0 Å². The fourth-order valence-electron chi connectivity index (χ4n) is 3.66. The van der Waals surface area contributed by atoms with Gasteiger partial charge >= 0.3 is 6.09 Å². The second kappa shape index (κ2) is 5.22. The van der Waals surface area contributed by atoms with Crippen molar-refractivity contribution in [1.82, 2.24) is 25.2 Å². The number of benzene rings is 1. The molecule has 2 fully saturated rings. The van der Waals surface area contributed by atoms with Crippen LogP contribution in [0, 0.1) is 11.8 Å². The zero-order valence-electron chi connectivity index (χ0n) is 12.5. The van der Waals surface area contributed by atoms with E-state index in [1.807, 2.05) is 4.90 Å². The van der Waals surface area contributed by atoms with Crippen molar-refractivity contribution in [1.29, 1.82) is 0 Å². The van der Waals surface area contributed by atoms with Gasteiger partial charge in [-0.25, -0.2) is 4.79 Å². The van der Waals surface area contributed by atoms with Crippen LogP contribution in [-0.4, -0.2) is 68.5 Å². The molecule has 4 rings (SSSR count). The lowest BCUT2D eigenvalue weighted by Gasteiger charge is -2.32. The van der Waals surface area contributed by atoms with Gasteiger partial charge in [0.05, 0.1) is 0 Å². The minimum atomic E-state index is -0.871. The number of carbonyl (C=O) groups is 2. The van der Waals surface area contributed by atoms with Gasteiger partial charge in [-0.05, 0) is 36.5 Å². The quantitative estimate of drug-likeness (QED) is 0.818. The highest BCUT2D eigenvalue weighted by molar-refractivity contribution is 5.97. The Hall–Kier alpha value is -2.64. The third-order valence-corrected chi connectivity index (χ3v) is 4.92. The highest BCUT2D eigenvalue weighted by atomic mass is 16.4.